The number of likely N-dealkylation sites (tertiary alicyclic amines) is 1. The van der Waals surface area contributed by atoms with Crippen molar-refractivity contribution in [3.05, 3.63) is 65.4 Å². The number of ether oxygens (including phenoxy) is 1. The molecule has 0 aliphatic carbocycles. The third kappa shape index (κ3) is 7.02. The second-order valence-electron chi connectivity index (χ2n) is 10.6. The highest BCUT2D eigenvalue weighted by Gasteiger charge is 2.30. The quantitative estimate of drug-likeness (QED) is 0.340. The van der Waals surface area contributed by atoms with Gasteiger partial charge in [-0.25, -0.2) is 14.8 Å². The van der Waals surface area contributed by atoms with Gasteiger partial charge in [0.2, 0.25) is 0 Å². The van der Waals surface area contributed by atoms with Crippen LogP contribution in [-0.2, 0) is 9.30 Å². The number of hydrogen-bond acceptors (Lipinski definition) is 7. The molecule has 1 saturated heterocycles. The van der Waals surface area contributed by atoms with Crippen LogP contribution in [0.1, 0.15) is 38.7 Å². The van der Waals surface area contributed by atoms with Gasteiger partial charge in [0.25, 0.3) is 0 Å². The van der Waals surface area contributed by atoms with Gasteiger partial charge < -0.3 is 24.8 Å². The van der Waals surface area contributed by atoms with Crippen LogP contribution in [0.25, 0.3) is 0 Å². The molecular formula is C27H33ClN5O3P. The van der Waals surface area contributed by atoms with Crippen molar-refractivity contribution in [2.24, 2.45) is 0 Å². The average Bonchev–Trinajstić information content (AvgIpc) is 3.31. The summed E-state index contributed by atoms with van der Waals surface area (Å²) in [6, 6.07) is 13.2. The number of nitrogens with zero attached hydrogens (tertiary/aromatic N) is 3. The van der Waals surface area contributed by atoms with Gasteiger partial charge in [-0.3, -0.25) is 0 Å². The Morgan fingerprint density at radius 3 is 2.54 bits per heavy atom. The van der Waals surface area contributed by atoms with Gasteiger partial charge in [-0.15, -0.1) is 0 Å². The lowest BCUT2D eigenvalue weighted by Gasteiger charge is -2.24. The minimum atomic E-state index is -2.49. The lowest BCUT2D eigenvalue weighted by atomic mass is 9.99. The Morgan fingerprint density at radius 1 is 1.08 bits per heavy atom. The van der Waals surface area contributed by atoms with Crippen LogP contribution in [-0.4, -0.2) is 53.0 Å². The van der Waals surface area contributed by atoms with Crippen LogP contribution in [0.5, 0.6) is 0 Å². The number of amides is 1. The third-order valence-electron chi connectivity index (χ3n) is 5.96. The average molecular weight is 542 g/mol. The number of rotatable bonds is 6. The number of carbonyl (C=O) groups is 1. The maximum Gasteiger partial charge on any atom is 0.410 e. The van der Waals surface area contributed by atoms with Gasteiger partial charge in [0, 0.05) is 42.3 Å². The maximum atomic E-state index is 12.7. The van der Waals surface area contributed by atoms with E-state index in [1.165, 1.54) is 0 Å². The minimum absolute atomic E-state index is 0.196. The monoisotopic (exact) mass is 541 g/mol. The van der Waals surface area contributed by atoms with Crippen molar-refractivity contribution in [3.8, 4) is 0 Å². The Morgan fingerprint density at radius 2 is 1.81 bits per heavy atom. The molecule has 2 N–H and O–H groups in total. The highest BCUT2D eigenvalue weighted by atomic mass is 35.5. The normalized spacial score (nSPS) is 15.9. The summed E-state index contributed by atoms with van der Waals surface area (Å²) in [6.07, 6.45) is 3.89. The SMILES string of the molecule is CC(C)(C)OC(=O)N1CCC(c2ccnc(Nc3cc(Nc4ccccc4P(C)(C)=O)c(Cl)cn3)c2)C1. The van der Waals surface area contributed by atoms with Gasteiger partial charge in [-0.1, -0.05) is 23.7 Å². The van der Waals surface area contributed by atoms with Crippen molar-refractivity contribution in [1.82, 2.24) is 14.9 Å². The third-order valence-corrected chi connectivity index (χ3v) is 7.81. The van der Waals surface area contributed by atoms with E-state index in [0.717, 1.165) is 23.0 Å². The Bertz CT molecular complexity index is 1340. The molecule has 0 spiro atoms. The first kappa shape index (κ1) is 27.0. The van der Waals surface area contributed by atoms with Crippen LogP contribution in [0.3, 0.4) is 0 Å². The van der Waals surface area contributed by atoms with Crippen molar-refractivity contribution in [3.63, 3.8) is 0 Å². The van der Waals surface area contributed by atoms with E-state index in [1.54, 1.807) is 36.7 Å². The molecule has 1 aliphatic heterocycles. The van der Waals surface area contributed by atoms with E-state index in [9.17, 15) is 9.36 Å². The standard InChI is InChI=1S/C27H33ClN5O3P/c1-27(2,3)36-26(34)33-13-11-19(17-33)18-10-12-29-24(14-18)32-25-15-22(20(28)16-30-25)31-21-8-6-7-9-23(21)37(4,5)35/h6-10,12,14-16,19H,11,13,17H2,1-5H3,(H2,29,30,31,32). The first-order valence-electron chi connectivity index (χ1n) is 12.2. The van der Waals surface area contributed by atoms with E-state index in [2.05, 4.69) is 20.6 Å². The van der Waals surface area contributed by atoms with Crippen molar-refractivity contribution < 1.29 is 14.1 Å². The molecular weight excluding hydrogens is 509 g/mol. The first-order chi connectivity index (χ1) is 17.4. The zero-order chi connectivity index (χ0) is 26.8. The molecule has 1 aromatic carbocycles. The first-order valence-corrected chi connectivity index (χ1v) is 15.1. The number of para-hydroxylation sites is 1. The van der Waals surface area contributed by atoms with Gasteiger partial charge in [0.05, 0.1) is 16.9 Å². The molecule has 4 rings (SSSR count). The predicted octanol–water partition coefficient (Wildman–Crippen LogP) is 6.59. The van der Waals surface area contributed by atoms with Crippen molar-refractivity contribution >= 4 is 53.2 Å². The molecule has 2 aromatic heterocycles. The Hall–Kier alpha value is -3.09. The number of pyridine rings is 2. The molecule has 8 nitrogen and oxygen atoms in total. The Kier molecular flexibility index (Phi) is 7.81. The molecule has 0 bridgehead atoms. The molecule has 0 radical (unpaired) electrons. The zero-order valence-corrected chi connectivity index (χ0v) is 23.4. The van der Waals surface area contributed by atoms with Gasteiger partial charge in [0.15, 0.2) is 0 Å². The molecule has 1 atom stereocenters. The molecule has 1 fully saturated rings. The fourth-order valence-electron chi connectivity index (χ4n) is 4.22. The van der Waals surface area contributed by atoms with Gasteiger partial charge in [0.1, 0.15) is 24.4 Å². The van der Waals surface area contributed by atoms with Crippen LogP contribution in [0.15, 0.2) is 54.9 Å². The Labute approximate surface area is 223 Å². The van der Waals surface area contributed by atoms with Crippen LogP contribution in [0.4, 0.5) is 27.8 Å². The zero-order valence-electron chi connectivity index (χ0n) is 21.8. The molecule has 3 heterocycles. The molecule has 1 amide bonds. The number of aromatic nitrogens is 2. The van der Waals surface area contributed by atoms with Gasteiger partial charge in [-0.05, 0) is 70.4 Å². The van der Waals surface area contributed by atoms with Crippen LogP contribution < -0.4 is 15.9 Å². The topological polar surface area (TPSA) is 96.5 Å². The van der Waals surface area contributed by atoms with Crippen LogP contribution in [0, 0.1) is 0 Å². The van der Waals surface area contributed by atoms with E-state index >= 15 is 0 Å². The fourth-order valence-corrected chi connectivity index (χ4v) is 5.53. The number of halogens is 1. The molecule has 1 unspecified atom stereocenters. The number of carbonyl (C=O) groups excluding carboxylic acids is 1. The van der Waals surface area contributed by atoms with E-state index < -0.39 is 12.7 Å². The highest BCUT2D eigenvalue weighted by molar-refractivity contribution is 7.70. The maximum absolute atomic E-state index is 12.7. The molecule has 37 heavy (non-hydrogen) atoms. The molecule has 10 heteroatoms. The second-order valence-corrected chi connectivity index (χ2v) is 14.1. The minimum Gasteiger partial charge on any atom is -0.444 e. The molecule has 196 valence electrons. The predicted molar refractivity (Wildman–Crippen MR) is 151 cm³/mol. The van der Waals surface area contributed by atoms with E-state index in [-0.39, 0.29) is 12.0 Å². The van der Waals surface area contributed by atoms with Crippen molar-refractivity contribution in [2.45, 2.75) is 38.7 Å². The number of benzene rings is 1. The smallest absolute Gasteiger partial charge is 0.410 e. The van der Waals surface area contributed by atoms with E-state index in [4.69, 9.17) is 16.3 Å². The lowest BCUT2D eigenvalue weighted by molar-refractivity contribution is 0.0292. The second kappa shape index (κ2) is 10.7. The number of anilines is 4. The van der Waals surface area contributed by atoms with E-state index in [0.29, 0.717) is 35.4 Å². The van der Waals surface area contributed by atoms with Gasteiger partial charge in [-0.2, -0.15) is 0 Å². The summed E-state index contributed by atoms with van der Waals surface area (Å²) < 4.78 is 18.3. The van der Waals surface area contributed by atoms with Crippen molar-refractivity contribution in [1.29, 1.82) is 0 Å². The largest absolute Gasteiger partial charge is 0.444 e. The van der Waals surface area contributed by atoms with Crippen LogP contribution >= 0.6 is 18.7 Å². The summed E-state index contributed by atoms with van der Waals surface area (Å²) >= 11 is 6.43. The van der Waals surface area contributed by atoms with Gasteiger partial charge >= 0.3 is 6.09 Å². The van der Waals surface area contributed by atoms with Crippen molar-refractivity contribution in [2.75, 3.05) is 37.1 Å². The summed E-state index contributed by atoms with van der Waals surface area (Å²) in [5.41, 5.74) is 1.95. The summed E-state index contributed by atoms with van der Waals surface area (Å²) in [5, 5.41) is 7.75. The summed E-state index contributed by atoms with van der Waals surface area (Å²) in [4.78, 5) is 23.0. The fraction of sp³-hybridized carbons (Fsp3) is 0.370. The summed E-state index contributed by atoms with van der Waals surface area (Å²) in [6.45, 7) is 10.3. The summed E-state index contributed by atoms with van der Waals surface area (Å²) in [5.74, 6) is 1.40. The highest BCUT2D eigenvalue weighted by Crippen LogP contribution is 2.39. The lowest BCUT2D eigenvalue weighted by Crippen LogP contribution is -2.35. The molecule has 0 saturated carbocycles. The number of hydrogen-bond donors (Lipinski definition) is 2. The number of nitrogens with one attached hydrogen (secondary N) is 2. The van der Waals surface area contributed by atoms with Crippen LogP contribution in [0.2, 0.25) is 5.02 Å². The molecule has 1 aliphatic rings. The van der Waals surface area contributed by atoms with E-state index in [1.807, 2.05) is 57.2 Å². The Balaban J connectivity index is 1.48. The summed E-state index contributed by atoms with van der Waals surface area (Å²) in [7, 11) is -2.49. The molecule has 3 aromatic rings.